The maximum atomic E-state index is 12.6. The van der Waals surface area contributed by atoms with E-state index >= 15 is 0 Å². The molecule has 0 radical (unpaired) electrons. The number of nitrogens with one attached hydrogen (secondary N) is 1. The first-order chi connectivity index (χ1) is 11.9. The number of hydrogen-bond donors (Lipinski definition) is 3. The molecule has 0 bridgehead atoms. The van der Waals surface area contributed by atoms with Crippen LogP contribution in [-0.2, 0) is 14.8 Å². The van der Waals surface area contributed by atoms with E-state index in [9.17, 15) is 18.3 Å². The second-order valence-corrected chi connectivity index (χ2v) is 10.1. The molecule has 3 rings (SSSR count). The summed E-state index contributed by atoms with van der Waals surface area (Å²) in [4.78, 5) is 11.3. The van der Waals surface area contributed by atoms with Crippen LogP contribution in [0.2, 0.25) is 0 Å². The van der Waals surface area contributed by atoms with Gasteiger partial charge in [-0.15, -0.1) is 0 Å². The predicted molar refractivity (Wildman–Crippen MR) is 105 cm³/mol. The molecular weight excluding hydrogens is 402 g/mol. The van der Waals surface area contributed by atoms with Crippen LogP contribution in [0, 0.1) is 0 Å². The van der Waals surface area contributed by atoms with Crippen molar-refractivity contribution in [2.45, 2.75) is 10.9 Å². The van der Waals surface area contributed by atoms with Crippen LogP contribution < -0.4 is 4.72 Å². The van der Waals surface area contributed by atoms with Crippen LogP contribution in [0.25, 0.3) is 21.9 Å². The molecule has 2 N–H and O–H groups in total. The lowest BCUT2D eigenvalue weighted by atomic mass is 10.1. The van der Waals surface area contributed by atoms with Crippen LogP contribution in [0.4, 0.5) is 0 Å². The van der Waals surface area contributed by atoms with Crippen molar-refractivity contribution in [3.8, 4) is 0 Å². The molecule has 0 aliphatic carbocycles. The molecule has 132 valence electrons. The highest BCUT2D eigenvalue weighted by atomic mass is 33.5. The summed E-state index contributed by atoms with van der Waals surface area (Å²) in [6.07, 6.45) is 0. The van der Waals surface area contributed by atoms with Crippen LogP contribution in [0.5, 0.6) is 0 Å². The number of aliphatic carboxylic acids is 1. The molecule has 3 aromatic rings. The van der Waals surface area contributed by atoms with Crippen molar-refractivity contribution in [1.29, 1.82) is 0 Å². The fraction of sp³-hybridized carbons (Fsp3) is 0.133. The molecule has 0 saturated carbocycles. The highest BCUT2D eigenvalue weighted by Crippen LogP contribution is 2.30. The summed E-state index contributed by atoms with van der Waals surface area (Å²) >= 11 is 3.91. The van der Waals surface area contributed by atoms with E-state index in [1.165, 1.54) is 12.1 Å². The molecule has 0 amide bonds. The number of rotatable bonds is 7. The first-order valence-electron chi connectivity index (χ1n) is 7.02. The van der Waals surface area contributed by atoms with Gasteiger partial charge in [-0.05, 0) is 34.1 Å². The zero-order valence-electron chi connectivity index (χ0n) is 12.6. The van der Waals surface area contributed by atoms with Gasteiger partial charge in [-0.3, -0.25) is 4.79 Å². The standard InChI is InChI=1S/C15H13NO5S4/c17-15(18)12(8-23-24-22)16-25(19,20)9-5-6-14-11(7-9)10-3-1-2-4-13(10)21-14/h1-7,12,16,22H,8H2,(H,17,18). The summed E-state index contributed by atoms with van der Waals surface area (Å²) in [5.41, 5.74) is 1.22. The predicted octanol–water partition coefficient (Wildman–Crippen LogP) is 3.54. The third kappa shape index (κ3) is 3.93. The molecule has 0 aliphatic rings. The van der Waals surface area contributed by atoms with Crippen molar-refractivity contribution in [3.05, 3.63) is 42.5 Å². The number of para-hydroxylation sites is 1. The Morgan fingerprint density at radius 3 is 2.64 bits per heavy atom. The molecule has 0 fully saturated rings. The molecule has 1 unspecified atom stereocenters. The quantitative estimate of drug-likeness (QED) is 0.401. The SMILES string of the molecule is O=C(O)C(CSSS)NS(=O)(=O)c1ccc2oc3ccccc3c2c1. The number of fused-ring (bicyclic) bond motifs is 3. The lowest BCUT2D eigenvalue weighted by Crippen LogP contribution is -2.42. The van der Waals surface area contributed by atoms with E-state index < -0.39 is 22.0 Å². The summed E-state index contributed by atoms with van der Waals surface area (Å²) in [6, 6.07) is 10.5. The fourth-order valence-corrected chi connectivity index (χ4v) is 5.26. The Balaban J connectivity index is 1.98. The monoisotopic (exact) mass is 415 g/mol. The Bertz CT molecular complexity index is 1030. The number of furan rings is 1. The molecule has 0 saturated heterocycles. The van der Waals surface area contributed by atoms with Crippen molar-refractivity contribution >= 4 is 70.2 Å². The third-order valence-corrected chi connectivity index (χ3v) is 7.26. The molecule has 1 atom stereocenters. The second-order valence-electron chi connectivity index (χ2n) is 5.13. The van der Waals surface area contributed by atoms with Gasteiger partial charge in [0, 0.05) is 16.5 Å². The van der Waals surface area contributed by atoms with Gasteiger partial charge in [0.15, 0.2) is 0 Å². The van der Waals surface area contributed by atoms with Crippen LogP contribution in [0.1, 0.15) is 0 Å². The largest absolute Gasteiger partial charge is 0.480 e. The van der Waals surface area contributed by atoms with Gasteiger partial charge in [-0.1, -0.05) is 40.7 Å². The first kappa shape index (κ1) is 18.5. The van der Waals surface area contributed by atoms with E-state index in [0.29, 0.717) is 16.6 Å². The molecular formula is C15H13NO5S4. The van der Waals surface area contributed by atoms with Gasteiger partial charge in [-0.25, -0.2) is 8.42 Å². The summed E-state index contributed by atoms with van der Waals surface area (Å²) in [5.74, 6) is -1.19. The molecule has 6 nitrogen and oxygen atoms in total. The number of carboxylic acids is 1. The van der Waals surface area contributed by atoms with Gasteiger partial charge in [0.25, 0.3) is 0 Å². The zero-order chi connectivity index (χ0) is 18.0. The Morgan fingerprint density at radius 2 is 1.92 bits per heavy atom. The van der Waals surface area contributed by atoms with E-state index in [4.69, 9.17) is 4.42 Å². The summed E-state index contributed by atoms with van der Waals surface area (Å²) < 4.78 is 33.0. The highest BCUT2D eigenvalue weighted by molar-refractivity contribution is 9.05. The number of hydrogen-bond acceptors (Lipinski definition) is 7. The Labute approximate surface area is 156 Å². The third-order valence-electron chi connectivity index (χ3n) is 3.54. The maximum Gasteiger partial charge on any atom is 0.322 e. The van der Waals surface area contributed by atoms with Crippen molar-refractivity contribution < 1.29 is 22.7 Å². The van der Waals surface area contributed by atoms with Crippen LogP contribution >= 0.6 is 32.3 Å². The number of thiol groups is 1. The normalized spacial score (nSPS) is 13.3. The number of carboxylic acid groups (broad SMARTS) is 1. The average molecular weight is 416 g/mol. The summed E-state index contributed by atoms with van der Waals surface area (Å²) in [5, 5.41) is 10.7. The Kier molecular flexibility index (Phi) is 5.54. The number of sulfonamides is 1. The van der Waals surface area contributed by atoms with E-state index in [2.05, 4.69) is 16.4 Å². The van der Waals surface area contributed by atoms with Crippen LogP contribution in [0.3, 0.4) is 0 Å². The lowest BCUT2D eigenvalue weighted by molar-refractivity contribution is -0.138. The van der Waals surface area contributed by atoms with Crippen molar-refractivity contribution in [3.63, 3.8) is 0 Å². The van der Waals surface area contributed by atoms with Crippen molar-refractivity contribution in [2.75, 3.05) is 5.75 Å². The second kappa shape index (κ2) is 7.50. The van der Waals surface area contributed by atoms with E-state index in [1.54, 1.807) is 12.1 Å². The minimum Gasteiger partial charge on any atom is -0.480 e. The van der Waals surface area contributed by atoms with Gasteiger partial charge in [0.1, 0.15) is 17.2 Å². The fourth-order valence-electron chi connectivity index (χ4n) is 2.38. The van der Waals surface area contributed by atoms with Crippen LogP contribution in [-0.4, -0.2) is 31.3 Å². The number of carbonyl (C=O) groups is 1. The minimum atomic E-state index is -3.99. The van der Waals surface area contributed by atoms with E-state index in [0.717, 1.165) is 26.0 Å². The Hall–Kier alpha value is -1.33. The van der Waals surface area contributed by atoms with Gasteiger partial charge in [-0.2, -0.15) is 4.72 Å². The van der Waals surface area contributed by atoms with Crippen molar-refractivity contribution in [2.24, 2.45) is 0 Å². The molecule has 0 aliphatic heterocycles. The average Bonchev–Trinajstić information content (AvgIpc) is 2.96. The summed E-state index contributed by atoms with van der Waals surface area (Å²) in [7, 11) is -1.77. The lowest BCUT2D eigenvalue weighted by Gasteiger charge is -2.13. The molecule has 2 aromatic carbocycles. The van der Waals surface area contributed by atoms with Gasteiger partial charge in [0.2, 0.25) is 10.0 Å². The maximum absolute atomic E-state index is 12.6. The molecule has 0 spiro atoms. The number of benzene rings is 2. The topological polar surface area (TPSA) is 96.6 Å². The van der Waals surface area contributed by atoms with Crippen LogP contribution in [0.15, 0.2) is 51.8 Å². The Morgan fingerprint density at radius 1 is 1.20 bits per heavy atom. The van der Waals surface area contributed by atoms with Gasteiger partial charge < -0.3 is 9.52 Å². The smallest absolute Gasteiger partial charge is 0.322 e. The molecule has 1 heterocycles. The minimum absolute atomic E-state index is 0.0127. The molecule has 10 heteroatoms. The molecule has 25 heavy (non-hydrogen) atoms. The van der Waals surface area contributed by atoms with Gasteiger partial charge >= 0.3 is 5.97 Å². The van der Waals surface area contributed by atoms with E-state index in [-0.39, 0.29) is 10.6 Å². The van der Waals surface area contributed by atoms with Crippen molar-refractivity contribution in [1.82, 2.24) is 4.72 Å². The van der Waals surface area contributed by atoms with Gasteiger partial charge in [0.05, 0.1) is 4.90 Å². The first-order valence-corrected chi connectivity index (χ1v) is 11.9. The summed E-state index contributed by atoms with van der Waals surface area (Å²) in [6.45, 7) is 0. The highest BCUT2D eigenvalue weighted by Gasteiger charge is 2.26. The van der Waals surface area contributed by atoms with E-state index in [1.807, 2.05) is 18.2 Å². The zero-order valence-corrected chi connectivity index (χ0v) is 15.9. The molecule has 1 aromatic heterocycles.